The van der Waals surface area contributed by atoms with Gasteiger partial charge >= 0.3 is 5.97 Å². The van der Waals surface area contributed by atoms with E-state index in [1.54, 1.807) is 7.11 Å². The van der Waals surface area contributed by atoms with Crippen molar-refractivity contribution in [3.8, 4) is 5.75 Å². The Morgan fingerprint density at radius 2 is 1.87 bits per heavy atom. The maximum Gasteiger partial charge on any atom is 0.324 e. The summed E-state index contributed by atoms with van der Waals surface area (Å²) >= 11 is 5.30. The molecule has 238 valence electrons. The maximum atomic E-state index is 14.3. The second-order valence-electron chi connectivity index (χ2n) is 12.0. The molecular formula is C36H42BrN3O4S. The summed E-state index contributed by atoms with van der Waals surface area (Å²) in [4.78, 5) is 29.9. The van der Waals surface area contributed by atoms with Gasteiger partial charge in [0.1, 0.15) is 18.3 Å². The number of allylic oxidation sites excluding steroid dienone is 1. The van der Waals surface area contributed by atoms with E-state index in [0.29, 0.717) is 23.5 Å². The highest BCUT2D eigenvalue weighted by molar-refractivity contribution is 9.09. The van der Waals surface area contributed by atoms with E-state index in [-0.39, 0.29) is 24.4 Å². The molecule has 7 nitrogen and oxygen atoms in total. The van der Waals surface area contributed by atoms with Gasteiger partial charge < -0.3 is 24.4 Å². The molecule has 0 bridgehead atoms. The number of hydrogen-bond acceptors (Lipinski definition) is 6. The van der Waals surface area contributed by atoms with Gasteiger partial charge in [0.15, 0.2) is 0 Å². The number of rotatable bonds is 11. The molecule has 45 heavy (non-hydrogen) atoms. The summed E-state index contributed by atoms with van der Waals surface area (Å²) in [6, 6.07) is 17.3. The van der Waals surface area contributed by atoms with Crippen molar-refractivity contribution in [1.29, 1.82) is 0 Å². The molecule has 2 aliphatic rings. The molecule has 0 saturated carbocycles. The van der Waals surface area contributed by atoms with Crippen molar-refractivity contribution in [2.45, 2.75) is 68.8 Å². The van der Waals surface area contributed by atoms with Crippen LogP contribution in [-0.4, -0.2) is 48.1 Å². The lowest BCUT2D eigenvalue weighted by atomic mass is 9.89. The van der Waals surface area contributed by atoms with Gasteiger partial charge in [0, 0.05) is 39.5 Å². The number of aryl methyl sites for hydroxylation is 3. The summed E-state index contributed by atoms with van der Waals surface area (Å²) in [6.45, 7) is 8.74. The Bertz CT molecular complexity index is 1570. The van der Waals surface area contributed by atoms with Gasteiger partial charge in [-0.1, -0.05) is 64.0 Å². The van der Waals surface area contributed by atoms with Gasteiger partial charge in [0.05, 0.1) is 12.8 Å². The molecule has 3 aromatic carbocycles. The summed E-state index contributed by atoms with van der Waals surface area (Å²) in [5.74, 6) is -0.0891. The number of methoxy groups -OCH3 is 1. The number of alkyl halides is 1. The molecule has 0 radical (unpaired) electrons. The van der Waals surface area contributed by atoms with Crippen molar-refractivity contribution in [2.24, 2.45) is 5.92 Å². The number of nitrogens with zero attached hydrogens (tertiary/aromatic N) is 2. The smallest absolute Gasteiger partial charge is 0.324 e. The van der Waals surface area contributed by atoms with Crippen molar-refractivity contribution in [2.75, 3.05) is 29.4 Å². The van der Waals surface area contributed by atoms with E-state index in [2.05, 4.69) is 78.1 Å². The number of aliphatic carboxylic acids is 1. The summed E-state index contributed by atoms with van der Waals surface area (Å²) in [6.07, 6.45) is 7.16. The molecule has 0 saturated heterocycles. The lowest BCUT2D eigenvalue weighted by Crippen LogP contribution is -2.47. The third kappa shape index (κ3) is 7.36. The molecule has 4 atom stereocenters. The van der Waals surface area contributed by atoms with Crippen LogP contribution in [0.1, 0.15) is 53.6 Å². The van der Waals surface area contributed by atoms with Crippen LogP contribution in [0.5, 0.6) is 5.75 Å². The van der Waals surface area contributed by atoms with Crippen LogP contribution in [0.2, 0.25) is 0 Å². The van der Waals surface area contributed by atoms with E-state index >= 15 is 0 Å². The number of carboxylic acids is 1. The zero-order valence-electron chi connectivity index (χ0n) is 26.5. The van der Waals surface area contributed by atoms with Gasteiger partial charge in [0.2, 0.25) is 5.91 Å². The number of ether oxygens (including phenoxy) is 1. The maximum absolute atomic E-state index is 14.3. The number of hydrogen-bond donors (Lipinski definition) is 2. The number of benzene rings is 3. The highest BCUT2D eigenvalue weighted by Crippen LogP contribution is 2.44. The highest BCUT2D eigenvalue weighted by Gasteiger charge is 2.36. The summed E-state index contributed by atoms with van der Waals surface area (Å²) in [5.41, 5.74) is 7.08. The third-order valence-electron chi connectivity index (χ3n) is 8.69. The normalized spacial score (nSPS) is 18.7. The van der Waals surface area contributed by atoms with Gasteiger partial charge in [0.25, 0.3) is 0 Å². The summed E-state index contributed by atoms with van der Waals surface area (Å²) < 4.78 is 7.43. The third-order valence-corrected chi connectivity index (χ3v) is 11.1. The molecule has 1 heterocycles. The second kappa shape index (κ2) is 14.3. The first-order valence-corrected chi connectivity index (χ1v) is 17.1. The van der Waals surface area contributed by atoms with Crippen molar-refractivity contribution in [3.05, 3.63) is 94.6 Å². The fourth-order valence-electron chi connectivity index (χ4n) is 6.64. The van der Waals surface area contributed by atoms with Gasteiger partial charge in [-0.3, -0.25) is 9.59 Å². The van der Waals surface area contributed by atoms with E-state index in [9.17, 15) is 14.7 Å². The van der Waals surface area contributed by atoms with E-state index in [1.165, 1.54) is 17.5 Å². The number of halogens is 1. The summed E-state index contributed by atoms with van der Waals surface area (Å²) in [5, 5.41) is 13.3. The highest BCUT2D eigenvalue weighted by atomic mass is 79.9. The topological polar surface area (TPSA) is 82.1 Å². The van der Waals surface area contributed by atoms with E-state index in [1.807, 2.05) is 46.8 Å². The fraction of sp³-hybridized carbons (Fsp3) is 0.389. The number of anilines is 2. The van der Waals surface area contributed by atoms with Crippen LogP contribution in [0.25, 0.3) is 0 Å². The molecule has 3 unspecified atom stereocenters. The standard InChI is InChI=1S/C36H42BrN3O4S/c1-22-18-23(2)35(24(3)19-22)45-40(21-33(41)42)32-15-9-14-31-29(32)16-17-39(31)34(26-10-8-11-27(20-26)44-5)36(43)38-25(4)28-12-6-7-13-30(28)37/h6,8-12,14-15,18-20,25,28,30,34H,7,13,16-17,21H2,1-5H3,(H,38,43)(H,41,42)/t25-,28?,30?,34?/m0/s1. The number of amides is 1. The first kappa shape index (κ1) is 32.9. The average Bonchev–Trinajstić information content (AvgIpc) is 3.42. The van der Waals surface area contributed by atoms with Crippen molar-refractivity contribution < 1.29 is 19.4 Å². The minimum absolute atomic E-state index is 0.0663. The lowest BCUT2D eigenvalue weighted by Gasteiger charge is -2.34. The Hall–Kier alpha value is -3.43. The van der Waals surface area contributed by atoms with Crippen LogP contribution in [0, 0.1) is 26.7 Å². The van der Waals surface area contributed by atoms with Crippen molar-refractivity contribution in [3.63, 3.8) is 0 Å². The monoisotopic (exact) mass is 691 g/mol. The number of fused-ring (bicyclic) bond motifs is 1. The molecule has 0 spiro atoms. The molecule has 3 aromatic rings. The minimum atomic E-state index is -0.901. The predicted octanol–water partition coefficient (Wildman–Crippen LogP) is 7.56. The Labute approximate surface area is 279 Å². The van der Waals surface area contributed by atoms with Crippen LogP contribution in [0.4, 0.5) is 11.4 Å². The zero-order chi connectivity index (χ0) is 32.2. The molecule has 9 heteroatoms. The Balaban J connectivity index is 1.52. The van der Waals surface area contributed by atoms with Crippen LogP contribution in [0.15, 0.2) is 71.6 Å². The van der Waals surface area contributed by atoms with Gasteiger partial charge in [-0.15, -0.1) is 0 Å². The largest absolute Gasteiger partial charge is 0.497 e. The zero-order valence-corrected chi connectivity index (χ0v) is 29.0. The molecular weight excluding hydrogens is 650 g/mol. The number of carbonyl (C=O) groups is 2. The van der Waals surface area contributed by atoms with E-state index in [0.717, 1.165) is 51.4 Å². The van der Waals surface area contributed by atoms with Gasteiger partial charge in [-0.05, 0) is 99.9 Å². The first-order valence-electron chi connectivity index (χ1n) is 15.5. The van der Waals surface area contributed by atoms with Crippen LogP contribution >= 0.6 is 27.9 Å². The average molecular weight is 693 g/mol. The van der Waals surface area contributed by atoms with Crippen molar-refractivity contribution >= 4 is 51.1 Å². The SMILES string of the molecule is COc1cccc(C(C(=O)N[C@@H](C)C2C=CCCC2Br)N2CCc3c(N(CC(=O)O)Sc4c(C)cc(C)cc4C)cccc32)c1. The molecule has 5 rings (SSSR count). The number of nitrogens with one attached hydrogen (secondary N) is 1. The molecule has 1 aliphatic heterocycles. The lowest BCUT2D eigenvalue weighted by molar-refractivity contribution is -0.135. The van der Waals surface area contributed by atoms with Gasteiger partial charge in [-0.2, -0.15) is 0 Å². The Morgan fingerprint density at radius 3 is 2.56 bits per heavy atom. The predicted molar refractivity (Wildman–Crippen MR) is 187 cm³/mol. The quantitative estimate of drug-likeness (QED) is 0.122. The van der Waals surface area contributed by atoms with Crippen LogP contribution in [-0.2, 0) is 16.0 Å². The Morgan fingerprint density at radius 1 is 1.13 bits per heavy atom. The molecule has 2 N–H and O–H groups in total. The fourth-order valence-corrected chi connectivity index (χ4v) is 8.61. The number of carbonyl (C=O) groups excluding carboxylic acids is 1. The van der Waals surface area contributed by atoms with E-state index in [4.69, 9.17) is 4.74 Å². The summed E-state index contributed by atoms with van der Waals surface area (Å²) in [7, 11) is 1.63. The van der Waals surface area contributed by atoms with Crippen LogP contribution < -0.4 is 19.3 Å². The molecule has 1 amide bonds. The molecule has 0 aromatic heterocycles. The van der Waals surface area contributed by atoms with Gasteiger partial charge in [-0.25, -0.2) is 0 Å². The first-order chi connectivity index (χ1) is 21.6. The van der Waals surface area contributed by atoms with E-state index < -0.39 is 12.0 Å². The van der Waals surface area contributed by atoms with Crippen molar-refractivity contribution in [1.82, 2.24) is 5.32 Å². The second-order valence-corrected chi connectivity index (χ2v) is 14.3. The molecule has 0 fully saturated rings. The molecule has 1 aliphatic carbocycles. The Kier molecular flexibility index (Phi) is 10.5. The minimum Gasteiger partial charge on any atom is -0.497 e. The van der Waals surface area contributed by atoms with Crippen LogP contribution in [0.3, 0.4) is 0 Å². The number of carboxylic acid groups (broad SMARTS) is 1.